The Kier molecular flexibility index (Phi) is 2.44. The van der Waals surface area contributed by atoms with Gasteiger partial charge >= 0.3 is 5.56 Å². The van der Waals surface area contributed by atoms with Crippen LogP contribution in [0.3, 0.4) is 0 Å². The molecule has 3 aromatic rings. The molecule has 2 aromatic heterocycles. The van der Waals surface area contributed by atoms with Crippen LogP contribution in [0.15, 0.2) is 27.9 Å². The fourth-order valence-corrected chi connectivity index (χ4v) is 2.56. The molecule has 1 aromatic carbocycles. The molecule has 0 aliphatic rings. The Morgan fingerprint density at radius 1 is 1.35 bits per heavy atom. The molecule has 0 unspecified atom stereocenters. The molecule has 0 saturated heterocycles. The Morgan fingerprint density at radius 3 is 2.70 bits per heavy atom. The molecule has 102 valence electrons. The van der Waals surface area contributed by atoms with E-state index in [1.807, 2.05) is 0 Å². The number of aryl methyl sites for hydroxylation is 2. The largest absolute Gasteiger partial charge is 0.499 e. The van der Waals surface area contributed by atoms with E-state index in [4.69, 9.17) is 4.74 Å². The van der Waals surface area contributed by atoms with Crippen molar-refractivity contribution in [2.24, 2.45) is 14.1 Å². The van der Waals surface area contributed by atoms with Crippen LogP contribution in [0.1, 0.15) is 0 Å². The summed E-state index contributed by atoms with van der Waals surface area (Å²) >= 11 is 0. The Balaban J connectivity index is 2.81. The third-order valence-corrected chi connectivity index (χ3v) is 3.63. The molecule has 0 aliphatic carbocycles. The van der Waals surface area contributed by atoms with E-state index in [9.17, 15) is 14.7 Å². The Bertz CT molecular complexity index is 959. The summed E-state index contributed by atoms with van der Waals surface area (Å²) in [7, 11) is 4.68. The van der Waals surface area contributed by atoms with E-state index in [-0.39, 0.29) is 16.9 Å². The third-order valence-electron chi connectivity index (χ3n) is 3.63. The molecular formula is C14H13N2O4+. The quantitative estimate of drug-likeness (QED) is 0.635. The van der Waals surface area contributed by atoms with E-state index >= 15 is 0 Å². The van der Waals surface area contributed by atoms with Crippen LogP contribution in [0.5, 0.6) is 11.5 Å². The van der Waals surface area contributed by atoms with Gasteiger partial charge in [-0.2, -0.15) is 4.57 Å². The minimum atomic E-state index is -0.506. The first-order valence-corrected chi connectivity index (χ1v) is 6.02. The molecule has 3 rings (SSSR count). The number of ether oxygens (including phenoxy) is 1. The number of pyridine rings is 2. The van der Waals surface area contributed by atoms with Gasteiger partial charge in [0.2, 0.25) is 16.7 Å². The van der Waals surface area contributed by atoms with Gasteiger partial charge in [0.15, 0.2) is 5.75 Å². The number of benzene rings is 1. The molecule has 0 aliphatic heterocycles. The van der Waals surface area contributed by atoms with Crippen molar-refractivity contribution in [2.45, 2.75) is 0 Å². The minimum Gasteiger partial charge on any atom is -0.499 e. The van der Waals surface area contributed by atoms with Crippen LogP contribution in [0.4, 0.5) is 0 Å². The highest BCUT2D eigenvalue weighted by molar-refractivity contribution is 6.08. The lowest BCUT2D eigenvalue weighted by Crippen LogP contribution is -2.46. The smallest absolute Gasteiger partial charge is 0.454 e. The SMILES string of the molecule is COc1cc2c(O)c(=O)[n+](C)c3ccn(C)c(c1=O)c23. The lowest BCUT2D eigenvalue weighted by Gasteiger charge is -2.10. The average Bonchev–Trinajstić information content (AvgIpc) is 2.44. The molecule has 0 atom stereocenters. The van der Waals surface area contributed by atoms with Crippen molar-refractivity contribution in [1.29, 1.82) is 0 Å². The number of aromatic nitrogens is 2. The Hall–Kier alpha value is -2.63. The van der Waals surface area contributed by atoms with Crippen molar-refractivity contribution in [1.82, 2.24) is 4.57 Å². The zero-order valence-corrected chi connectivity index (χ0v) is 11.3. The van der Waals surface area contributed by atoms with Crippen molar-refractivity contribution >= 4 is 21.8 Å². The number of rotatable bonds is 1. The van der Waals surface area contributed by atoms with Crippen molar-refractivity contribution in [3.05, 3.63) is 38.9 Å². The number of hydrogen-bond donors (Lipinski definition) is 1. The standard InChI is InChI=1S/C14H12N2O4/c1-15-5-4-8-10-7(12(17)14(19)16(8)2)6-9(20-3)13(18)11(10)15/h4-6H,1-3H3/p+1. The maximum Gasteiger partial charge on any atom is 0.454 e. The number of methoxy groups -OCH3 is 1. The first-order valence-electron chi connectivity index (χ1n) is 6.02. The molecule has 20 heavy (non-hydrogen) atoms. The molecule has 0 radical (unpaired) electrons. The van der Waals surface area contributed by atoms with E-state index in [0.29, 0.717) is 21.8 Å². The maximum atomic E-state index is 12.4. The summed E-state index contributed by atoms with van der Waals surface area (Å²) in [5.41, 5.74) is 0.206. The summed E-state index contributed by atoms with van der Waals surface area (Å²) in [5, 5.41) is 11.0. The second-order valence-electron chi connectivity index (χ2n) is 4.70. The molecular weight excluding hydrogens is 260 g/mol. The maximum absolute atomic E-state index is 12.4. The van der Waals surface area contributed by atoms with Crippen LogP contribution in [0.25, 0.3) is 21.8 Å². The normalized spacial score (nSPS) is 11.3. The summed E-state index contributed by atoms with van der Waals surface area (Å²) in [6, 6.07) is 3.15. The first kappa shape index (κ1) is 12.4. The van der Waals surface area contributed by atoms with Gasteiger partial charge in [-0.05, 0) is 6.07 Å². The molecule has 6 heteroatoms. The second-order valence-corrected chi connectivity index (χ2v) is 4.70. The van der Waals surface area contributed by atoms with E-state index in [2.05, 4.69) is 0 Å². The van der Waals surface area contributed by atoms with Crippen LogP contribution in [-0.2, 0) is 14.1 Å². The molecule has 1 N–H and O–H groups in total. The van der Waals surface area contributed by atoms with Crippen molar-refractivity contribution < 1.29 is 14.4 Å². The van der Waals surface area contributed by atoms with Crippen LogP contribution < -0.4 is 20.3 Å². The topological polar surface area (TPSA) is 72.4 Å². The van der Waals surface area contributed by atoms with Gasteiger partial charge in [-0.1, -0.05) is 0 Å². The minimum absolute atomic E-state index is 0.101. The highest BCUT2D eigenvalue weighted by atomic mass is 16.5. The molecule has 0 bridgehead atoms. The van der Waals surface area contributed by atoms with Crippen LogP contribution in [0, 0.1) is 0 Å². The van der Waals surface area contributed by atoms with Crippen LogP contribution in [0.2, 0.25) is 0 Å². The lowest BCUT2D eigenvalue weighted by atomic mass is 10.1. The monoisotopic (exact) mass is 273 g/mol. The van der Waals surface area contributed by atoms with Crippen molar-refractivity contribution in [2.75, 3.05) is 7.11 Å². The number of nitrogens with zero attached hydrogens (tertiary/aromatic N) is 2. The van der Waals surface area contributed by atoms with Gasteiger partial charge in [0, 0.05) is 24.7 Å². The van der Waals surface area contributed by atoms with Crippen LogP contribution >= 0.6 is 0 Å². The van der Waals surface area contributed by atoms with E-state index in [1.54, 1.807) is 30.9 Å². The van der Waals surface area contributed by atoms with Gasteiger partial charge in [0.05, 0.1) is 12.5 Å². The van der Waals surface area contributed by atoms with Gasteiger partial charge in [-0.25, -0.2) is 4.79 Å². The van der Waals surface area contributed by atoms with E-state index < -0.39 is 5.56 Å². The fraction of sp³-hybridized carbons (Fsp3) is 0.214. The summed E-state index contributed by atoms with van der Waals surface area (Å²) in [6.45, 7) is 0. The number of aromatic hydroxyl groups is 1. The summed E-state index contributed by atoms with van der Waals surface area (Å²) in [6.07, 6.45) is 1.70. The van der Waals surface area contributed by atoms with Crippen LogP contribution in [-0.4, -0.2) is 16.8 Å². The van der Waals surface area contributed by atoms with Crippen molar-refractivity contribution in [3.8, 4) is 11.5 Å². The highest BCUT2D eigenvalue weighted by Gasteiger charge is 2.24. The zero-order chi connectivity index (χ0) is 14.6. The zero-order valence-electron chi connectivity index (χ0n) is 11.3. The predicted octanol–water partition coefficient (Wildman–Crippen LogP) is 0.0284. The number of hydrogen-bond acceptors (Lipinski definition) is 4. The fourth-order valence-electron chi connectivity index (χ4n) is 2.56. The van der Waals surface area contributed by atoms with Gasteiger partial charge in [0.25, 0.3) is 0 Å². The molecule has 0 saturated carbocycles. The first-order chi connectivity index (χ1) is 9.47. The van der Waals surface area contributed by atoms with Gasteiger partial charge in [0.1, 0.15) is 12.6 Å². The molecule has 0 spiro atoms. The lowest BCUT2D eigenvalue weighted by molar-refractivity contribution is -0.659. The highest BCUT2D eigenvalue weighted by Crippen LogP contribution is 2.28. The third kappa shape index (κ3) is 1.36. The molecule has 6 nitrogen and oxygen atoms in total. The van der Waals surface area contributed by atoms with Crippen molar-refractivity contribution in [3.63, 3.8) is 0 Å². The Labute approximate surface area is 113 Å². The predicted molar refractivity (Wildman–Crippen MR) is 73.5 cm³/mol. The summed E-state index contributed by atoms with van der Waals surface area (Å²) in [5.74, 6) is -0.279. The molecule has 0 fully saturated rings. The van der Waals surface area contributed by atoms with E-state index in [1.165, 1.54) is 17.7 Å². The summed E-state index contributed by atoms with van der Waals surface area (Å²) < 4.78 is 8.04. The van der Waals surface area contributed by atoms with Gasteiger partial charge in [-0.15, -0.1) is 0 Å². The van der Waals surface area contributed by atoms with Gasteiger partial charge < -0.3 is 14.4 Å². The molecule has 2 heterocycles. The average molecular weight is 273 g/mol. The van der Waals surface area contributed by atoms with Gasteiger partial charge in [-0.3, -0.25) is 4.79 Å². The molecule has 0 amide bonds. The second kappa shape index (κ2) is 3.93. The summed E-state index contributed by atoms with van der Waals surface area (Å²) in [4.78, 5) is 24.4. The Morgan fingerprint density at radius 2 is 2.05 bits per heavy atom. The van der Waals surface area contributed by atoms with E-state index in [0.717, 1.165) is 0 Å².